The van der Waals surface area contributed by atoms with E-state index < -0.39 is 42.0 Å². The van der Waals surface area contributed by atoms with Crippen LogP contribution in [0.15, 0.2) is 48.3 Å². The number of rotatable bonds is 6. The number of hydrogen-bond donors (Lipinski definition) is 8. The summed E-state index contributed by atoms with van der Waals surface area (Å²) in [5, 5.41) is 72.4. The monoisotopic (exact) mass is 852 g/mol. The number of hydrogen-bond acceptors (Lipinski definition) is 10. The maximum Gasteiger partial charge on any atom is 0.201 e. The van der Waals surface area contributed by atoms with Gasteiger partial charge in [0, 0.05) is 48.3 Å². The number of phenols is 2. The fourth-order valence-corrected chi connectivity index (χ4v) is 13.8. The SMILES string of the molecule is COc1c(O)c(O)c(CO)c(C2CC(O)C3CCC(c4ccc5c(c4)C4C6C=C7CCCNC7CC6CCC4C(O)CCC4(O)CCC(CCO5)C4)CC3O2)c1Cc1cc[nH]c1. The molecule has 0 amide bonds. The topological polar surface area (TPSA) is 177 Å². The van der Waals surface area contributed by atoms with Gasteiger partial charge in [0.15, 0.2) is 11.5 Å². The van der Waals surface area contributed by atoms with Gasteiger partial charge in [-0.1, -0.05) is 23.8 Å². The number of aromatic amines is 1. The largest absolute Gasteiger partial charge is 0.504 e. The summed E-state index contributed by atoms with van der Waals surface area (Å²) in [6.45, 7) is 1.16. The van der Waals surface area contributed by atoms with E-state index in [1.165, 1.54) is 23.8 Å². The summed E-state index contributed by atoms with van der Waals surface area (Å²) < 4.78 is 19.6. The average molecular weight is 853 g/mol. The van der Waals surface area contributed by atoms with Crippen molar-refractivity contribution >= 4 is 0 Å². The highest BCUT2D eigenvalue weighted by atomic mass is 16.5. The maximum atomic E-state index is 12.3. The number of nitrogens with one attached hydrogen (secondary N) is 2. The standard InChI is InChI=1S/C51H68N2O9/c1-60-50-38(19-29-12-17-52-26-29)47(39(27-54)48(57)49(50)58)45-24-42(56)34-7-4-31(23-44(34)62-45)30-6-9-43-37(20-30)46-35(8-5-32-22-40-33(21-36(32)46)3-2-16-53-40)41(55)11-15-51(59)14-10-28(25-51)13-18-61-43/h6,9,12,17,20-21,26,28,31-32,34-36,40-42,44-46,52-59H,2-5,7-8,10-11,13-16,18-19,22-25,27H2,1H3. The summed E-state index contributed by atoms with van der Waals surface area (Å²) in [5.41, 5.74) is 5.56. The van der Waals surface area contributed by atoms with Crippen LogP contribution in [-0.4, -0.2) is 85.8 Å². The lowest BCUT2D eigenvalue weighted by Crippen LogP contribution is -2.46. The molecule has 0 spiro atoms. The lowest BCUT2D eigenvalue weighted by molar-refractivity contribution is -0.154. The minimum Gasteiger partial charge on any atom is -0.504 e. The van der Waals surface area contributed by atoms with Crippen LogP contribution in [0.4, 0.5) is 0 Å². The van der Waals surface area contributed by atoms with Crippen molar-refractivity contribution in [3.63, 3.8) is 0 Å². The van der Waals surface area contributed by atoms with E-state index in [1.54, 1.807) is 0 Å². The van der Waals surface area contributed by atoms with Crippen LogP contribution in [-0.2, 0) is 17.8 Å². The van der Waals surface area contributed by atoms with Crippen molar-refractivity contribution in [3.8, 4) is 23.0 Å². The van der Waals surface area contributed by atoms with Gasteiger partial charge in [-0.05, 0) is 166 Å². The van der Waals surface area contributed by atoms with Gasteiger partial charge in [-0.15, -0.1) is 0 Å². The van der Waals surface area contributed by atoms with E-state index in [9.17, 15) is 30.6 Å². The number of H-pyrrole nitrogens is 1. The van der Waals surface area contributed by atoms with Gasteiger partial charge in [-0.2, -0.15) is 0 Å². The summed E-state index contributed by atoms with van der Waals surface area (Å²) >= 11 is 0. The van der Waals surface area contributed by atoms with Crippen molar-refractivity contribution < 1.29 is 44.8 Å². The van der Waals surface area contributed by atoms with Gasteiger partial charge in [0.1, 0.15) is 5.75 Å². The lowest BCUT2D eigenvalue weighted by Gasteiger charge is -2.49. The van der Waals surface area contributed by atoms with E-state index in [4.69, 9.17) is 14.2 Å². The first-order chi connectivity index (χ1) is 30.1. The number of allylic oxidation sites excluding steroid dienone is 1. The van der Waals surface area contributed by atoms with Gasteiger partial charge in [0.25, 0.3) is 0 Å². The molecule has 3 saturated carbocycles. The number of fused-ring (bicyclic) bond motifs is 9. The number of aliphatic hydroxyl groups is 4. The molecule has 11 nitrogen and oxygen atoms in total. The van der Waals surface area contributed by atoms with Gasteiger partial charge >= 0.3 is 0 Å². The Hall–Kier alpha value is -3.58. The fourth-order valence-electron chi connectivity index (χ4n) is 13.8. The molecule has 2 bridgehead atoms. The molecule has 10 rings (SSSR count). The second kappa shape index (κ2) is 17.4. The summed E-state index contributed by atoms with van der Waals surface area (Å²) in [6, 6.07) is 9.23. The van der Waals surface area contributed by atoms with Crippen LogP contribution >= 0.6 is 0 Å². The first-order valence-electron chi connectivity index (χ1n) is 23.9. The molecule has 2 aromatic carbocycles. The molecule has 3 aliphatic heterocycles. The summed E-state index contributed by atoms with van der Waals surface area (Å²) in [7, 11) is 1.45. The smallest absolute Gasteiger partial charge is 0.201 e. The Kier molecular flexibility index (Phi) is 11.9. The zero-order valence-corrected chi connectivity index (χ0v) is 36.3. The van der Waals surface area contributed by atoms with Crippen molar-refractivity contribution in [2.75, 3.05) is 20.3 Å². The molecular formula is C51H68N2O9. The molecule has 11 heteroatoms. The second-order valence-corrected chi connectivity index (χ2v) is 20.4. The Morgan fingerprint density at radius 3 is 2.58 bits per heavy atom. The number of aromatic nitrogens is 1. The van der Waals surface area contributed by atoms with Crippen molar-refractivity contribution in [1.82, 2.24) is 10.3 Å². The summed E-state index contributed by atoms with van der Waals surface area (Å²) in [6.07, 6.45) is 17.4. The molecule has 3 aromatic rings. The number of ether oxygens (including phenoxy) is 3. The molecular weight excluding hydrogens is 785 g/mol. The van der Waals surface area contributed by atoms with E-state index in [0.29, 0.717) is 73.6 Å². The highest BCUT2D eigenvalue weighted by molar-refractivity contribution is 5.64. The number of piperidine rings is 1. The highest BCUT2D eigenvalue weighted by Gasteiger charge is 2.49. The second-order valence-electron chi connectivity index (χ2n) is 20.4. The Bertz CT molecular complexity index is 2100. The Balaban J connectivity index is 0.995. The van der Waals surface area contributed by atoms with Gasteiger partial charge in [0.2, 0.25) is 5.75 Å². The number of methoxy groups -OCH3 is 1. The first kappa shape index (κ1) is 42.4. The third kappa shape index (κ3) is 7.87. The number of benzene rings is 2. The predicted octanol–water partition coefficient (Wildman–Crippen LogP) is 7.56. The third-order valence-electron chi connectivity index (χ3n) is 17.0. The lowest BCUT2D eigenvalue weighted by atomic mass is 9.58. The van der Waals surface area contributed by atoms with Crippen LogP contribution in [0.1, 0.15) is 148 Å². The van der Waals surface area contributed by atoms with E-state index in [-0.39, 0.29) is 41.1 Å². The molecule has 7 aliphatic rings. The zero-order valence-electron chi connectivity index (χ0n) is 36.3. The molecule has 8 N–H and O–H groups in total. The molecule has 13 unspecified atom stereocenters. The van der Waals surface area contributed by atoms with E-state index >= 15 is 0 Å². The quantitative estimate of drug-likeness (QED) is 0.0913. The Labute approximate surface area is 365 Å². The predicted molar refractivity (Wildman–Crippen MR) is 234 cm³/mol. The van der Waals surface area contributed by atoms with Crippen molar-refractivity contribution in [2.45, 2.75) is 157 Å². The van der Waals surface area contributed by atoms with Crippen LogP contribution < -0.4 is 14.8 Å². The molecule has 4 aliphatic carbocycles. The molecule has 2 saturated heterocycles. The third-order valence-corrected chi connectivity index (χ3v) is 17.0. The number of phenolic OH excluding ortho intramolecular Hbond substituents is 1. The summed E-state index contributed by atoms with van der Waals surface area (Å²) in [5.74, 6) is 1.67. The van der Waals surface area contributed by atoms with Crippen LogP contribution in [0.3, 0.4) is 0 Å². The van der Waals surface area contributed by atoms with Gasteiger partial charge in [-0.25, -0.2) is 0 Å². The van der Waals surface area contributed by atoms with E-state index in [2.05, 4.69) is 34.6 Å². The van der Waals surface area contributed by atoms with Gasteiger partial charge in [-0.3, -0.25) is 0 Å². The highest BCUT2D eigenvalue weighted by Crippen LogP contribution is 2.56. The van der Waals surface area contributed by atoms with Gasteiger partial charge < -0.3 is 55.2 Å². The van der Waals surface area contributed by atoms with Crippen LogP contribution in [0, 0.1) is 29.6 Å². The van der Waals surface area contributed by atoms with E-state index in [0.717, 1.165) is 88.5 Å². The van der Waals surface area contributed by atoms with E-state index in [1.807, 2.05) is 18.5 Å². The molecule has 13 atom stereocenters. The van der Waals surface area contributed by atoms with Crippen LogP contribution in [0.5, 0.6) is 23.0 Å². The molecule has 62 heavy (non-hydrogen) atoms. The van der Waals surface area contributed by atoms with Crippen molar-refractivity contribution in [2.24, 2.45) is 29.6 Å². The number of aromatic hydroxyl groups is 2. The Morgan fingerprint density at radius 2 is 1.76 bits per heavy atom. The van der Waals surface area contributed by atoms with Crippen molar-refractivity contribution in [1.29, 1.82) is 0 Å². The average Bonchev–Trinajstić information content (AvgIpc) is 3.94. The minimum atomic E-state index is -0.703. The van der Waals surface area contributed by atoms with Crippen molar-refractivity contribution in [3.05, 3.63) is 81.7 Å². The Morgan fingerprint density at radius 1 is 0.903 bits per heavy atom. The molecule has 4 heterocycles. The zero-order chi connectivity index (χ0) is 42.7. The molecule has 0 radical (unpaired) electrons. The number of aliphatic hydroxyl groups excluding tert-OH is 3. The normalized spacial score (nSPS) is 37.1. The van der Waals surface area contributed by atoms with Crippen LogP contribution in [0.2, 0.25) is 0 Å². The maximum absolute atomic E-state index is 12.3. The summed E-state index contributed by atoms with van der Waals surface area (Å²) in [4.78, 5) is 3.09. The first-order valence-corrected chi connectivity index (χ1v) is 23.9. The molecule has 1 aromatic heterocycles. The molecule has 336 valence electrons. The van der Waals surface area contributed by atoms with Crippen LogP contribution in [0.25, 0.3) is 0 Å². The van der Waals surface area contributed by atoms with Gasteiger partial charge in [0.05, 0.1) is 50.3 Å². The minimum absolute atomic E-state index is 0.0496. The molecule has 5 fully saturated rings. The fraction of sp³-hybridized carbons (Fsp3) is 0.647.